The van der Waals surface area contributed by atoms with E-state index in [9.17, 15) is 9.59 Å². The molecule has 0 heterocycles. The highest BCUT2D eigenvalue weighted by atomic mass is 16.4. The van der Waals surface area contributed by atoms with Crippen LogP contribution < -0.4 is 0 Å². The summed E-state index contributed by atoms with van der Waals surface area (Å²) in [5.41, 5.74) is 0. The first-order valence-electron chi connectivity index (χ1n) is 3.79. The minimum Gasteiger partial charge on any atom is -0.478 e. The zero-order valence-electron chi connectivity index (χ0n) is 7.73. The molecule has 0 aliphatic carbocycles. The maximum absolute atomic E-state index is 9.67. The average Bonchev–Trinajstić information content (AvgIpc) is 2.01. The van der Waals surface area contributed by atoms with Gasteiger partial charge in [-0.15, -0.1) is 0 Å². The summed E-state index contributed by atoms with van der Waals surface area (Å²) >= 11 is 0. The highest BCUT2D eigenvalue weighted by Gasteiger charge is 1.79. The molecule has 0 aliphatic rings. The molecule has 0 amide bonds. The molecule has 13 heavy (non-hydrogen) atoms. The van der Waals surface area contributed by atoms with Gasteiger partial charge in [0.15, 0.2) is 0 Å². The zero-order chi connectivity index (χ0) is 10.7. The maximum atomic E-state index is 9.67. The summed E-state index contributed by atoms with van der Waals surface area (Å²) in [4.78, 5) is 19.2. The van der Waals surface area contributed by atoms with Crippen LogP contribution >= 0.6 is 0 Å². The van der Waals surface area contributed by atoms with Crippen molar-refractivity contribution in [2.75, 3.05) is 0 Å². The lowest BCUT2D eigenvalue weighted by molar-refractivity contribution is -0.132. The molecule has 0 aliphatic heterocycles. The van der Waals surface area contributed by atoms with Crippen molar-refractivity contribution in [3.05, 3.63) is 24.3 Å². The molecule has 0 atom stereocenters. The van der Waals surface area contributed by atoms with Crippen molar-refractivity contribution in [2.45, 2.75) is 20.3 Å². The van der Waals surface area contributed by atoms with Crippen molar-refractivity contribution in [1.29, 1.82) is 0 Å². The van der Waals surface area contributed by atoms with E-state index < -0.39 is 11.9 Å². The van der Waals surface area contributed by atoms with Gasteiger partial charge in [0.1, 0.15) is 0 Å². The van der Waals surface area contributed by atoms with E-state index >= 15 is 0 Å². The van der Waals surface area contributed by atoms with Gasteiger partial charge in [-0.25, -0.2) is 9.59 Å². The average molecular weight is 186 g/mol. The Kier molecular flexibility index (Phi) is 11.2. The molecule has 0 saturated heterocycles. The van der Waals surface area contributed by atoms with E-state index in [2.05, 4.69) is 0 Å². The van der Waals surface area contributed by atoms with Gasteiger partial charge in [0, 0.05) is 12.2 Å². The van der Waals surface area contributed by atoms with E-state index in [-0.39, 0.29) is 0 Å². The third-order valence-corrected chi connectivity index (χ3v) is 0.805. The van der Waals surface area contributed by atoms with Crippen molar-refractivity contribution < 1.29 is 19.8 Å². The fraction of sp³-hybridized carbons (Fsp3) is 0.333. The minimum absolute atomic E-state index is 0.784. The van der Waals surface area contributed by atoms with Gasteiger partial charge < -0.3 is 10.2 Å². The molecule has 0 fully saturated rings. The largest absolute Gasteiger partial charge is 0.478 e. The number of aliphatic carboxylic acids is 2. The molecule has 4 heteroatoms. The van der Waals surface area contributed by atoms with Gasteiger partial charge in [0.05, 0.1) is 0 Å². The summed E-state index contributed by atoms with van der Waals surface area (Å²) < 4.78 is 0. The van der Waals surface area contributed by atoms with Crippen molar-refractivity contribution in [2.24, 2.45) is 0 Å². The van der Waals surface area contributed by atoms with Crippen LogP contribution in [0.3, 0.4) is 0 Å². The Labute approximate surface area is 77.2 Å². The first kappa shape index (κ1) is 14.0. The highest BCUT2D eigenvalue weighted by Crippen LogP contribution is 1.76. The first-order valence-corrected chi connectivity index (χ1v) is 3.79. The quantitative estimate of drug-likeness (QED) is 0.657. The fourth-order valence-electron chi connectivity index (χ4n) is 0.361. The summed E-state index contributed by atoms with van der Waals surface area (Å²) in [6, 6.07) is 0. The molecule has 0 aromatic rings. The Morgan fingerprint density at radius 3 is 1.69 bits per heavy atom. The van der Waals surface area contributed by atoms with Crippen LogP contribution in [0, 0.1) is 0 Å². The van der Waals surface area contributed by atoms with Gasteiger partial charge in [-0.05, 0) is 13.3 Å². The molecule has 0 saturated carbocycles. The highest BCUT2D eigenvalue weighted by molar-refractivity contribution is 5.79. The fourth-order valence-corrected chi connectivity index (χ4v) is 0.361. The molecule has 0 spiro atoms. The number of hydrogen-bond acceptors (Lipinski definition) is 2. The molecule has 74 valence electrons. The third kappa shape index (κ3) is 25.1. The summed E-state index contributed by atoms with van der Waals surface area (Å²) in [6.07, 6.45) is 6.08. The maximum Gasteiger partial charge on any atom is 0.327 e. The van der Waals surface area contributed by atoms with Crippen LogP contribution in [-0.2, 0) is 9.59 Å². The van der Waals surface area contributed by atoms with Gasteiger partial charge >= 0.3 is 11.9 Å². The van der Waals surface area contributed by atoms with E-state index in [0.29, 0.717) is 0 Å². The zero-order valence-corrected chi connectivity index (χ0v) is 7.73. The Hall–Kier alpha value is -1.58. The van der Waals surface area contributed by atoms with Gasteiger partial charge in [-0.3, -0.25) is 0 Å². The molecule has 4 nitrogen and oxygen atoms in total. The van der Waals surface area contributed by atoms with E-state index in [1.165, 1.54) is 6.08 Å². The SMILES string of the molecule is CC=CC(=O)O.CCC=CC(=O)O. The number of rotatable bonds is 3. The second kappa shape index (κ2) is 10.4. The van der Waals surface area contributed by atoms with E-state index in [1.54, 1.807) is 13.0 Å². The number of hydrogen-bond donors (Lipinski definition) is 2. The lowest BCUT2D eigenvalue weighted by Gasteiger charge is -1.73. The minimum atomic E-state index is -0.891. The Bertz CT molecular complexity index is 204. The number of carboxylic acids is 2. The molecular weight excluding hydrogens is 172 g/mol. The van der Waals surface area contributed by atoms with Gasteiger partial charge in [-0.2, -0.15) is 0 Å². The standard InChI is InChI=1S/C5H8O2.C4H6O2/c1-2-3-4-5(6)7;1-2-3-4(5)6/h3-4H,2H2,1H3,(H,6,7);2-3H,1H3,(H,5,6). The van der Waals surface area contributed by atoms with E-state index in [0.717, 1.165) is 18.6 Å². The summed E-state index contributed by atoms with van der Waals surface area (Å²) in [7, 11) is 0. The van der Waals surface area contributed by atoms with E-state index in [4.69, 9.17) is 10.2 Å². The second-order valence-electron chi connectivity index (χ2n) is 1.99. The Morgan fingerprint density at radius 2 is 1.62 bits per heavy atom. The van der Waals surface area contributed by atoms with Crippen LogP contribution in [0.15, 0.2) is 24.3 Å². The molecule has 0 unspecified atom stereocenters. The topological polar surface area (TPSA) is 74.6 Å². The molecule has 0 bridgehead atoms. The Morgan fingerprint density at radius 1 is 1.15 bits per heavy atom. The van der Waals surface area contributed by atoms with Crippen molar-refractivity contribution in [1.82, 2.24) is 0 Å². The van der Waals surface area contributed by atoms with Gasteiger partial charge in [0.2, 0.25) is 0 Å². The first-order chi connectivity index (χ1) is 6.04. The lowest BCUT2D eigenvalue weighted by Crippen LogP contribution is -1.84. The summed E-state index contributed by atoms with van der Waals surface area (Å²) in [5, 5.41) is 15.8. The predicted octanol–water partition coefficient (Wildman–Crippen LogP) is 1.68. The van der Waals surface area contributed by atoms with Crippen LogP contribution in [0.5, 0.6) is 0 Å². The van der Waals surface area contributed by atoms with Crippen molar-refractivity contribution in [3.63, 3.8) is 0 Å². The molecule has 0 aromatic heterocycles. The van der Waals surface area contributed by atoms with Gasteiger partial charge in [-0.1, -0.05) is 19.1 Å². The predicted molar refractivity (Wildman–Crippen MR) is 49.5 cm³/mol. The molecule has 0 aromatic carbocycles. The molecular formula is C9H14O4. The third-order valence-electron chi connectivity index (χ3n) is 0.805. The van der Waals surface area contributed by atoms with Crippen molar-refractivity contribution >= 4 is 11.9 Å². The lowest BCUT2D eigenvalue weighted by atomic mass is 10.4. The molecule has 0 rings (SSSR count). The number of carboxylic acid groups (broad SMARTS) is 2. The van der Waals surface area contributed by atoms with Crippen LogP contribution in [0.25, 0.3) is 0 Å². The smallest absolute Gasteiger partial charge is 0.327 e. The normalized spacial score (nSPS) is 9.69. The number of carbonyl (C=O) groups is 2. The molecule has 2 N–H and O–H groups in total. The number of allylic oxidation sites excluding steroid dienone is 2. The monoisotopic (exact) mass is 186 g/mol. The Balaban J connectivity index is 0. The second-order valence-corrected chi connectivity index (χ2v) is 1.99. The van der Waals surface area contributed by atoms with Crippen LogP contribution in [-0.4, -0.2) is 22.2 Å². The van der Waals surface area contributed by atoms with Crippen LogP contribution in [0.2, 0.25) is 0 Å². The molecule has 0 radical (unpaired) electrons. The van der Waals surface area contributed by atoms with Crippen molar-refractivity contribution in [3.8, 4) is 0 Å². The van der Waals surface area contributed by atoms with Crippen LogP contribution in [0.1, 0.15) is 20.3 Å². The van der Waals surface area contributed by atoms with Crippen LogP contribution in [0.4, 0.5) is 0 Å². The summed E-state index contributed by atoms with van der Waals surface area (Å²) in [6.45, 7) is 3.55. The summed E-state index contributed by atoms with van der Waals surface area (Å²) in [5.74, 6) is -1.76. The van der Waals surface area contributed by atoms with E-state index in [1.807, 2.05) is 6.92 Å². The van der Waals surface area contributed by atoms with Gasteiger partial charge in [0.25, 0.3) is 0 Å².